The van der Waals surface area contributed by atoms with E-state index in [1.807, 2.05) is 6.07 Å². The highest BCUT2D eigenvalue weighted by molar-refractivity contribution is 7.21. The monoisotopic (exact) mass is 459 g/mol. The molecular weight excluding hydrogens is 434 g/mol. The molecular formula is C31H25NOS. The maximum Gasteiger partial charge on any atom is 0.128 e. The summed E-state index contributed by atoms with van der Waals surface area (Å²) in [4.78, 5) is 5.02. The van der Waals surface area contributed by atoms with Crippen LogP contribution < -0.4 is 0 Å². The number of aromatic nitrogens is 1. The summed E-state index contributed by atoms with van der Waals surface area (Å²) in [5.74, 6) is 0.303. The number of benzene rings is 4. The second-order valence-electron chi connectivity index (χ2n) is 10.6. The minimum atomic E-state index is -0.130. The topological polar surface area (TPSA) is 33.1 Å². The Hall–Kier alpha value is -3.43. The molecule has 0 unspecified atom stereocenters. The van der Waals surface area contributed by atoms with Crippen LogP contribution in [0.3, 0.4) is 0 Å². The smallest absolute Gasteiger partial charge is 0.128 e. The Morgan fingerprint density at radius 1 is 0.618 bits per heavy atom. The summed E-state index contributed by atoms with van der Waals surface area (Å²) >= 11 is 1.67. The van der Waals surface area contributed by atoms with Crippen LogP contribution in [0.15, 0.2) is 72.8 Å². The van der Waals surface area contributed by atoms with E-state index in [1.54, 1.807) is 11.3 Å². The summed E-state index contributed by atoms with van der Waals surface area (Å²) < 4.78 is 1.16. The number of phenols is 1. The van der Waals surface area contributed by atoms with E-state index in [9.17, 15) is 5.11 Å². The fraction of sp³-hybridized carbons (Fsp3) is 0.194. The first-order valence-electron chi connectivity index (χ1n) is 11.8. The van der Waals surface area contributed by atoms with Crippen molar-refractivity contribution in [1.82, 2.24) is 4.98 Å². The van der Waals surface area contributed by atoms with Crippen molar-refractivity contribution in [2.75, 3.05) is 0 Å². The molecule has 2 nitrogen and oxygen atoms in total. The predicted molar refractivity (Wildman–Crippen MR) is 142 cm³/mol. The molecule has 1 N–H and O–H groups in total. The fourth-order valence-corrected chi connectivity index (χ4v) is 7.16. The third-order valence-corrected chi connectivity index (χ3v) is 9.07. The average molecular weight is 460 g/mol. The number of aromatic hydroxyl groups is 1. The molecule has 2 aliphatic rings. The standard InChI is InChI=1S/C31H25NOS/c1-30(2)22-11-7-5-9-17(22)19-13-21(27(33)15-24(19)30)29-32-26-14-20-18-10-6-8-12-23(18)31(3,4)25(20)16-28(26)34-29/h5-16,33H,1-4H3. The van der Waals surface area contributed by atoms with Gasteiger partial charge in [0.25, 0.3) is 0 Å². The maximum atomic E-state index is 11.1. The van der Waals surface area contributed by atoms with E-state index in [1.165, 1.54) is 44.5 Å². The van der Waals surface area contributed by atoms with Gasteiger partial charge < -0.3 is 5.11 Å². The Bertz CT molecular complexity index is 1670. The van der Waals surface area contributed by atoms with Gasteiger partial charge in [-0.2, -0.15) is 0 Å². The first-order valence-corrected chi connectivity index (χ1v) is 12.6. The molecule has 0 saturated heterocycles. The molecule has 1 heterocycles. The van der Waals surface area contributed by atoms with E-state index in [0.717, 1.165) is 20.8 Å². The maximum absolute atomic E-state index is 11.1. The summed E-state index contributed by atoms with van der Waals surface area (Å²) in [6.45, 7) is 9.07. The first kappa shape index (κ1) is 20.0. The number of rotatable bonds is 1. The van der Waals surface area contributed by atoms with Gasteiger partial charge >= 0.3 is 0 Å². The van der Waals surface area contributed by atoms with Crippen LogP contribution >= 0.6 is 11.3 Å². The Labute approximate surface area is 203 Å². The molecule has 0 aliphatic heterocycles. The molecule has 4 aromatic carbocycles. The summed E-state index contributed by atoms with van der Waals surface area (Å²) in [5.41, 5.74) is 11.9. The highest BCUT2D eigenvalue weighted by atomic mass is 32.1. The number of hydrogen-bond donors (Lipinski definition) is 1. The number of nitrogens with zero attached hydrogens (tertiary/aromatic N) is 1. The van der Waals surface area contributed by atoms with Crippen molar-refractivity contribution < 1.29 is 5.11 Å². The zero-order chi connectivity index (χ0) is 23.4. The molecule has 0 atom stereocenters. The van der Waals surface area contributed by atoms with Gasteiger partial charge in [0.2, 0.25) is 0 Å². The third kappa shape index (κ3) is 2.43. The van der Waals surface area contributed by atoms with Crippen molar-refractivity contribution in [2.45, 2.75) is 38.5 Å². The Morgan fingerprint density at radius 2 is 1.18 bits per heavy atom. The highest BCUT2D eigenvalue weighted by Gasteiger charge is 2.37. The van der Waals surface area contributed by atoms with Crippen molar-refractivity contribution in [1.29, 1.82) is 0 Å². The van der Waals surface area contributed by atoms with Crippen molar-refractivity contribution in [2.24, 2.45) is 0 Å². The molecule has 2 aliphatic carbocycles. The zero-order valence-electron chi connectivity index (χ0n) is 19.7. The lowest BCUT2D eigenvalue weighted by molar-refractivity contribution is 0.475. The van der Waals surface area contributed by atoms with E-state index in [2.05, 4.69) is 94.4 Å². The van der Waals surface area contributed by atoms with Crippen LogP contribution in [0.2, 0.25) is 0 Å². The zero-order valence-corrected chi connectivity index (χ0v) is 20.5. The van der Waals surface area contributed by atoms with Crippen molar-refractivity contribution in [3.05, 3.63) is 95.1 Å². The van der Waals surface area contributed by atoms with Crippen molar-refractivity contribution >= 4 is 21.6 Å². The molecule has 34 heavy (non-hydrogen) atoms. The molecule has 0 bridgehead atoms. The Morgan fingerprint density at radius 3 is 1.82 bits per heavy atom. The average Bonchev–Trinajstić information content (AvgIpc) is 3.41. The summed E-state index contributed by atoms with van der Waals surface area (Å²) in [5, 5.41) is 12.0. The second kappa shape index (κ2) is 6.37. The quantitative estimate of drug-likeness (QED) is 0.273. The highest BCUT2D eigenvalue weighted by Crippen LogP contribution is 2.53. The van der Waals surface area contributed by atoms with Gasteiger partial charge in [0.1, 0.15) is 10.8 Å². The Balaban J connectivity index is 1.42. The van der Waals surface area contributed by atoms with Gasteiger partial charge in [-0.15, -0.1) is 11.3 Å². The minimum absolute atomic E-state index is 0.0325. The van der Waals surface area contributed by atoms with Gasteiger partial charge in [0.05, 0.1) is 15.8 Å². The Kier molecular flexibility index (Phi) is 3.74. The van der Waals surface area contributed by atoms with Crippen LogP contribution in [-0.4, -0.2) is 10.1 Å². The van der Waals surface area contributed by atoms with Crippen molar-refractivity contribution in [3.63, 3.8) is 0 Å². The van der Waals surface area contributed by atoms with E-state index in [0.29, 0.717) is 5.75 Å². The molecule has 0 saturated carbocycles. The van der Waals surface area contributed by atoms with Gasteiger partial charge in [-0.3, -0.25) is 0 Å². The second-order valence-corrected chi connectivity index (χ2v) is 11.7. The van der Waals surface area contributed by atoms with Gasteiger partial charge in [0.15, 0.2) is 0 Å². The lowest BCUT2D eigenvalue weighted by Gasteiger charge is -2.21. The largest absolute Gasteiger partial charge is 0.507 e. The molecule has 0 amide bonds. The normalized spacial score (nSPS) is 16.2. The summed E-state index contributed by atoms with van der Waals surface area (Å²) in [6.07, 6.45) is 0. The molecule has 5 aromatic rings. The van der Waals surface area contributed by atoms with Gasteiger partial charge in [-0.1, -0.05) is 76.2 Å². The van der Waals surface area contributed by atoms with Gasteiger partial charge in [0, 0.05) is 10.8 Å². The van der Waals surface area contributed by atoms with Crippen LogP contribution in [0.4, 0.5) is 0 Å². The number of fused-ring (bicyclic) bond motifs is 7. The number of hydrogen-bond acceptors (Lipinski definition) is 3. The first-order chi connectivity index (χ1) is 16.3. The van der Waals surface area contributed by atoms with Crippen LogP contribution in [0, 0.1) is 0 Å². The van der Waals surface area contributed by atoms with E-state index >= 15 is 0 Å². The summed E-state index contributed by atoms with van der Waals surface area (Å²) in [6, 6.07) is 25.9. The lowest BCUT2D eigenvalue weighted by atomic mass is 9.82. The fourth-order valence-electron chi connectivity index (χ4n) is 6.14. The van der Waals surface area contributed by atoms with Crippen LogP contribution in [-0.2, 0) is 10.8 Å². The van der Waals surface area contributed by atoms with Crippen LogP contribution in [0.25, 0.3) is 43.0 Å². The lowest BCUT2D eigenvalue weighted by Crippen LogP contribution is -2.14. The van der Waals surface area contributed by atoms with Crippen molar-refractivity contribution in [3.8, 4) is 38.6 Å². The molecule has 0 fully saturated rings. The molecule has 3 heteroatoms. The molecule has 166 valence electrons. The third-order valence-electron chi connectivity index (χ3n) is 8.02. The summed E-state index contributed by atoms with van der Waals surface area (Å²) in [7, 11) is 0. The van der Waals surface area contributed by atoms with Gasteiger partial charge in [-0.25, -0.2) is 4.98 Å². The minimum Gasteiger partial charge on any atom is -0.507 e. The number of phenolic OH excluding ortho intramolecular Hbond substituents is 1. The van der Waals surface area contributed by atoms with E-state index in [-0.39, 0.29) is 10.8 Å². The molecule has 0 radical (unpaired) electrons. The van der Waals surface area contributed by atoms with Crippen LogP contribution in [0.5, 0.6) is 5.75 Å². The van der Waals surface area contributed by atoms with Gasteiger partial charge in [-0.05, 0) is 68.8 Å². The molecule has 0 spiro atoms. The predicted octanol–water partition coefficient (Wildman–Crippen LogP) is 8.28. The SMILES string of the molecule is CC1(C)c2ccccc2-c2cc(-c3nc4cc5c(cc4s3)C(C)(C)c3ccccc3-5)c(O)cc21. The van der Waals surface area contributed by atoms with Crippen LogP contribution in [0.1, 0.15) is 49.9 Å². The number of thiazole rings is 1. The van der Waals surface area contributed by atoms with E-state index in [4.69, 9.17) is 4.98 Å². The molecule has 1 aromatic heterocycles. The molecule has 7 rings (SSSR count). The van der Waals surface area contributed by atoms with E-state index < -0.39 is 0 Å².